The van der Waals surface area contributed by atoms with Crippen LogP contribution in [-0.2, 0) is 9.59 Å². The second-order valence-electron chi connectivity index (χ2n) is 6.28. The average Bonchev–Trinajstić information content (AvgIpc) is 3.09. The number of nitrogens with one attached hydrogen (secondary N) is 2. The summed E-state index contributed by atoms with van der Waals surface area (Å²) in [5.74, 6) is -1.52. The standard InChI is InChI=1S/C20H21N3O3S/c1-3-14(11-24)21-18(25)19(26)22-15-7-5-13(6-8-15)20-23-16-9-4-12(2)10-17(16)27-20/h4-10,14,24H,3,11H2,1-2H3,(H,21,25)(H,22,26). The van der Waals surface area contributed by atoms with Crippen LogP contribution in [0.25, 0.3) is 20.8 Å². The zero-order valence-corrected chi connectivity index (χ0v) is 16.0. The Morgan fingerprint density at radius 1 is 1.15 bits per heavy atom. The number of hydrogen-bond donors (Lipinski definition) is 3. The third kappa shape index (κ3) is 4.50. The molecule has 7 heteroatoms. The minimum atomic E-state index is -0.762. The van der Waals surface area contributed by atoms with E-state index in [9.17, 15) is 9.59 Å². The van der Waals surface area contributed by atoms with Gasteiger partial charge in [0, 0.05) is 11.3 Å². The van der Waals surface area contributed by atoms with E-state index in [0.29, 0.717) is 12.1 Å². The molecule has 1 heterocycles. The van der Waals surface area contributed by atoms with Gasteiger partial charge in [0.25, 0.3) is 0 Å². The maximum atomic E-state index is 12.0. The van der Waals surface area contributed by atoms with Gasteiger partial charge in [-0.15, -0.1) is 11.3 Å². The first-order valence-electron chi connectivity index (χ1n) is 8.70. The smallest absolute Gasteiger partial charge is 0.313 e. The van der Waals surface area contributed by atoms with Crippen molar-refractivity contribution < 1.29 is 14.7 Å². The average molecular weight is 383 g/mol. The summed E-state index contributed by atoms with van der Waals surface area (Å²) in [6.07, 6.45) is 0.548. The van der Waals surface area contributed by atoms with Gasteiger partial charge in [0.1, 0.15) is 5.01 Å². The molecule has 140 valence electrons. The van der Waals surface area contributed by atoms with Crippen LogP contribution in [0.15, 0.2) is 42.5 Å². The maximum Gasteiger partial charge on any atom is 0.313 e. The molecule has 0 fully saturated rings. The minimum Gasteiger partial charge on any atom is -0.394 e. The highest BCUT2D eigenvalue weighted by Gasteiger charge is 2.17. The predicted molar refractivity (Wildman–Crippen MR) is 108 cm³/mol. The quantitative estimate of drug-likeness (QED) is 0.591. The van der Waals surface area contributed by atoms with Gasteiger partial charge in [-0.05, 0) is 55.3 Å². The molecule has 2 aromatic carbocycles. The number of benzene rings is 2. The van der Waals surface area contributed by atoms with E-state index >= 15 is 0 Å². The summed E-state index contributed by atoms with van der Waals surface area (Å²) < 4.78 is 1.13. The summed E-state index contributed by atoms with van der Waals surface area (Å²) in [6.45, 7) is 3.67. The maximum absolute atomic E-state index is 12.0. The molecule has 1 unspecified atom stereocenters. The number of thiazole rings is 1. The van der Waals surface area contributed by atoms with E-state index in [1.165, 1.54) is 5.56 Å². The molecule has 0 spiro atoms. The number of amides is 2. The van der Waals surface area contributed by atoms with Crippen molar-refractivity contribution in [3.8, 4) is 10.6 Å². The minimum absolute atomic E-state index is 0.202. The number of carbonyl (C=O) groups excluding carboxylic acids is 2. The number of aliphatic hydroxyl groups is 1. The van der Waals surface area contributed by atoms with Gasteiger partial charge in [-0.3, -0.25) is 9.59 Å². The Morgan fingerprint density at radius 3 is 2.56 bits per heavy atom. The van der Waals surface area contributed by atoms with E-state index in [1.807, 2.05) is 31.2 Å². The van der Waals surface area contributed by atoms with Gasteiger partial charge in [0.05, 0.1) is 22.9 Å². The Bertz CT molecular complexity index is 962. The summed E-state index contributed by atoms with van der Waals surface area (Å²) in [5.41, 5.74) is 3.63. The third-order valence-corrected chi connectivity index (χ3v) is 5.26. The topological polar surface area (TPSA) is 91.3 Å². The van der Waals surface area contributed by atoms with E-state index in [2.05, 4.69) is 28.6 Å². The van der Waals surface area contributed by atoms with Gasteiger partial charge in [0.2, 0.25) is 0 Å². The number of anilines is 1. The first-order chi connectivity index (χ1) is 13.0. The zero-order valence-electron chi connectivity index (χ0n) is 15.2. The number of aryl methyl sites for hydroxylation is 1. The predicted octanol–water partition coefficient (Wildman–Crippen LogP) is 3.10. The van der Waals surface area contributed by atoms with Gasteiger partial charge in [0.15, 0.2) is 0 Å². The lowest BCUT2D eigenvalue weighted by atomic mass is 10.2. The highest BCUT2D eigenvalue weighted by atomic mass is 32.1. The molecule has 27 heavy (non-hydrogen) atoms. The van der Waals surface area contributed by atoms with Crippen LogP contribution < -0.4 is 10.6 Å². The van der Waals surface area contributed by atoms with Crippen molar-refractivity contribution in [1.82, 2.24) is 10.3 Å². The van der Waals surface area contributed by atoms with Crippen LogP contribution in [0.1, 0.15) is 18.9 Å². The number of hydrogen-bond acceptors (Lipinski definition) is 5. The van der Waals surface area contributed by atoms with E-state index in [1.54, 1.807) is 23.5 Å². The Morgan fingerprint density at radius 2 is 1.89 bits per heavy atom. The highest BCUT2D eigenvalue weighted by molar-refractivity contribution is 7.21. The van der Waals surface area contributed by atoms with Crippen molar-refractivity contribution in [2.45, 2.75) is 26.3 Å². The fourth-order valence-corrected chi connectivity index (χ4v) is 3.64. The molecular formula is C20H21N3O3S. The molecule has 0 aliphatic carbocycles. The van der Waals surface area contributed by atoms with E-state index in [4.69, 9.17) is 5.11 Å². The number of rotatable bonds is 5. The first kappa shape index (κ1) is 19.0. The van der Waals surface area contributed by atoms with Crippen LogP contribution in [0.4, 0.5) is 5.69 Å². The largest absolute Gasteiger partial charge is 0.394 e. The number of aromatic nitrogens is 1. The molecule has 0 saturated carbocycles. The Kier molecular flexibility index (Phi) is 5.83. The summed E-state index contributed by atoms with van der Waals surface area (Å²) in [4.78, 5) is 28.5. The molecule has 1 atom stereocenters. The molecule has 3 rings (SSSR count). The lowest BCUT2D eigenvalue weighted by molar-refractivity contribution is -0.136. The summed E-state index contributed by atoms with van der Waals surface area (Å²) in [5, 5.41) is 15.0. The molecule has 1 aromatic heterocycles. The molecule has 3 aromatic rings. The SMILES string of the molecule is CCC(CO)NC(=O)C(=O)Nc1ccc(-c2nc3ccc(C)cc3s2)cc1. The van der Waals surface area contributed by atoms with Crippen LogP contribution >= 0.6 is 11.3 Å². The van der Waals surface area contributed by atoms with E-state index < -0.39 is 17.9 Å². The van der Waals surface area contributed by atoms with Crippen molar-refractivity contribution in [3.05, 3.63) is 48.0 Å². The van der Waals surface area contributed by atoms with Crippen LogP contribution in [0.2, 0.25) is 0 Å². The number of carbonyl (C=O) groups is 2. The van der Waals surface area contributed by atoms with Gasteiger partial charge >= 0.3 is 11.8 Å². The van der Waals surface area contributed by atoms with Crippen LogP contribution in [-0.4, -0.2) is 34.6 Å². The van der Waals surface area contributed by atoms with Crippen molar-refractivity contribution in [2.75, 3.05) is 11.9 Å². The molecule has 6 nitrogen and oxygen atoms in total. The summed E-state index contributed by atoms with van der Waals surface area (Å²) >= 11 is 1.61. The number of fused-ring (bicyclic) bond motifs is 1. The monoisotopic (exact) mass is 383 g/mol. The molecule has 0 aliphatic heterocycles. The van der Waals surface area contributed by atoms with E-state index in [-0.39, 0.29) is 6.61 Å². The van der Waals surface area contributed by atoms with Crippen LogP contribution in [0, 0.1) is 6.92 Å². The Hall–Kier alpha value is -2.77. The van der Waals surface area contributed by atoms with Gasteiger partial charge in [-0.1, -0.05) is 13.0 Å². The van der Waals surface area contributed by atoms with Crippen molar-refractivity contribution in [3.63, 3.8) is 0 Å². The molecule has 0 saturated heterocycles. The fraction of sp³-hybridized carbons (Fsp3) is 0.250. The van der Waals surface area contributed by atoms with Gasteiger partial charge in [-0.2, -0.15) is 0 Å². The second kappa shape index (κ2) is 8.28. The molecule has 2 amide bonds. The lowest BCUT2D eigenvalue weighted by Crippen LogP contribution is -2.43. The van der Waals surface area contributed by atoms with Crippen molar-refractivity contribution >= 4 is 39.1 Å². The van der Waals surface area contributed by atoms with Gasteiger partial charge in [-0.25, -0.2) is 4.98 Å². The Labute approximate surface area is 161 Å². The second-order valence-corrected chi connectivity index (χ2v) is 7.31. The zero-order chi connectivity index (χ0) is 19.4. The highest BCUT2D eigenvalue weighted by Crippen LogP contribution is 2.31. The number of nitrogens with zero attached hydrogens (tertiary/aromatic N) is 1. The molecule has 0 bridgehead atoms. The van der Waals surface area contributed by atoms with Crippen molar-refractivity contribution in [2.24, 2.45) is 0 Å². The van der Waals surface area contributed by atoms with Crippen molar-refractivity contribution in [1.29, 1.82) is 0 Å². The molecule has 3 N–H and O–H groups in total. The Balaban J connectivity index is 1.69. The van der Waals surface area contributed by atoms with Crippen LogP contribution in [0.3, 0.4) is 0 Å². The molecule has 0 aliphatic rings. The third-order valence-electron chi connectivity index (χ3n) is 4.19. The number of aliphatic hydroxyl groups excluding tert-OH is 1. The normalized spacial score (nSPS) is 12.0. The molecule has 0 radical (unpaired) electrons. The lowest BCUT2D eigenvalue weighted by Gasteiger charge is -2.13. The first-order valence-corrected chi connectivity index (χ1v) is 9.52. The van der Waals surface area contributed by atoms with E-state index in [0.717, 1.165) is 20.8 Å². The molecular weight excluding hydrogens is 362 g/mol. The fourth-order valence-electron chi connectivity index (χ4n) is 2.57. The van der Waals surface area contributed by atoms with Gasteiger partial charge < -0.3 is 15.7 Å². The van der Waals surface area contributed by atoms with Crippen LogP contribution in [0.5, 0.6) is 0 Å². The summed E-state index contributed by atoms with van der Waals surface area (Å²) in [7, 11) is 0. The summed E-state index contributed by atoms with van der Waals surface area (Å²) in [6, 6.07) is 12.9.